The van der Waals surface area contributed by atoms with Crippen molar-refractivity contribution < 1.29 is 4.79 Å². The van der Waals surface area contributed by atoms with Crippen molar-refractivity contribution in [2.24, 2.45) is 0 Å². The molecule has 0 unspecified atom stereocenters. The minimum Gasteiger partial charge on any atom is -0.383 e. The average molecular weight is 295 g/mol. The molecule has 0 aliphatic carbocycles. The van der Waals surface area contributed by atoms with Crippen molar-refractivity contribution in [3.05, 3.63) is 64.5 Å². The number of rotatable bonds is 4. The lowest BCUT2D eigenvalue weighted by molar-refractivity contribution is 0.103. The zero-order valence-electron chi connectivity index (χ0n) is 12.1. The van der Waals surface area contributed by atoms with Gasteiger partial charge in [0.2, 0.25) is 11.2 Å². The number of carbonyl (C=O) groups excluding carboxylic acids is 1. The van der Waals surface area contributed by atoms with Gasteiger partial charge >= 0.3 is 0 Å². The van der Waals surface area contributed by atoms with Crippen molar-refractivity contribution in [1.29, 1.82) is 5.26 Å². The van der Waals surface area contributed by atoms with E-state index < -0.39 is 11.2 Å². The molecule has 2 aromatic heterocycles. The summed E-state index contributed by atoms with van der Waals surface area (Å²) in [6.07, 6.45) is 5.72. The summed E-state index contributed by atoms with van der Waals surface area (Å²) in [6, 6.07) is 6.32. The third-order valence-corrected chi connectivity index (χ3v) is 2.69. The Balaban J connectivity index is 2.44. The number of allylic oxidation sites excluding steroid dienone is 1. The first kappa shape index (κ1) is 15.1. The Kier molecular flexibility index (Phi) is 4.44. The Morgan fingerprint density at radius 2 is 2.18 bits per heavy atom. The van der Waals surface area contributed by atoms with E-state index in [0.717, 1.165) is 0 Å². The van der Waals surface area contributed by atoms with Gasteiger partial charge in [-0.05, 0) is 6.07 Å². The lowest BCUT2D eigenvalue weighted by Gasteiger charge is -2.06. The van der Waals surface area contributed by atoms with Crippen LogP contribution in [-0.4, -0.2) is 39.5 Å². The predicted molar refractivity (Wildman–Crippen MR) is 79.5 cm³/mol. The zero-order valence-corrected chi connectivity index (χ0v) is 12.1. The van der Waals surface area contributed by atoms with E-state index in [1.54, 1.807) is 31.3 Å². The number of aromatic nitrogens is 3. The summed E-state index contributed by atoms with van der Waals surface area (Å²) >= 11 is 0. The van der Waals surface area contributed by atoms with Crippen LogP contribution in [0.5, 0.6) is 0 Å². The van der Waals surface area contributed by atoms with Crippen molar-refractivity contribution in [2.45, 2.75) is 0 Å². The second-order valence-corrected chi connectivity index (χ2v) is 4.63. The van der Waals surface area contributed by atoms with Crippen molar-refractivity contribution in [3.63, 3.8) is 0 Å². The molecule has 0 spiro atoms. The van der Waals surface area contributed by atoms with E-state index in [-0.39, 0.29) is 11.4 Å². The molecule has 0 saturated carbocycles. The topological polar surface area (TPSA) is 91.9 Å². The Bertz CT molecular complexity index is 830. The molecule has 0 radical (unpaired) electrons. The number of nitrogens with zero attached hydrogens (tertiary/aromatic N) is 5. The van der Waals surface area contributed by atoms with Gasteiger partial charge in [-0.25, -0.2) is 9.67 Å². The average Bonchev–Trinajstić information content (AvgIpc) is 2.53. The maximum Gasteiger partial charge on any atom is 0.211 e. The van der Waals surface area contributed by atoms with Gasteiger partial charge in [-0.3, -0.25) is 9.59 Å². The van der Waals surface area contributed by atoms with E-state index in [1.807, 2.05) is 6.07 Å². The molecular formula is C15H13N5O2. The van der Waals surface area contributed by atoms with Gasteiger partial charge in [0, 0.05) is 50.9 Å². The molecule has 7 nitrogen and oxygen atoms in total. The third-order valence-electron chi connectivity index (χ3n) is 2.69. The monoisotopic (exact) mass is 295 g/mol. The number of nitriles is 1. The van der Waals surface area contributed by atoms with Crippen LogP contribution in [0.2, 0.25) is 0 Å². The Hall–Kier alpha value is -3.27. The van der Waals surface area contributed by atoms with E-state index in [1.165, 1.54) is 35.3 Å². The molecule has 2 rings (SSSR count). The second kappa shape index (κ2) is 6.45. The molecule has 0 saturated heterocycles. The highest BCUT2D eigenvalue weighted by atomic mass is 16.1. The summed E-state index contributed by atoms with van der Waals surface area (Å²) in [4.78, 5) is 29.4. The van der Waals surface area contributed by atoms with Crippen LogP contribution in [0.15, 0.2) is 47.7 Å². The molecular weight excluding hydrogens is 282 g/mol. The summed E-state index contributed by atoms with van der Waals surface area (Å²) in [5.74, 6) is -0.484. The fourth-order valence-corrected chi connectivity index (χ4v) is 1.64. The zero-order chi connectivity index (χ0) is 16.1. The van der Waals surface area contributed by atoms with Crippen molar-refractivity contribution >= 4 is 5.78 Å². The van der Waals surface area contributed by atoms with E-state index in [4.69, 9.17) is 5.26 Å². The molecule has 2 aromatic rings. The molecule has 0 fully saturated rings. The normalized spacial score (nSPS) is 10.4. The first-order valence-corrected chi connectivity index (χ1v) is 6.37. The minimum atomic E-state index is -0.484. The smallest absolute Gasteiger partial charge is 0.211 e. The quantitative estimate of drug-likeness (QED) is 0.610. The van der Waals surface area contributed by atoms with Gasteiger partial charge in [0.15, 0.2) is 5.69 Å². The lowest BCUT2D eigenvalue weighted by Crippen LogP contribution is -2.20. The highest BCUT2D eigenvalue weighted by Crippen LogP contribution is 2.06. The molecule has 0 amide bonds. The largest absolute Gasteiger partial charge is 0.383 e. The maximum absolute atomic E-state index is 12.0. The predicted octanol–water partition coefficient (Wildman–Crippen LogP) is 0.757. The molecule has 2 heterocycles. The second-order valence-electron chi connectivity index (χ2n) is 4.63. The Morgan fingerprint density at radius 1 is 1.41 bits per heavy atom. The van der Waals surface area contributed by atoms with Crippen LogP contribution < -0.4 is 5.43 Å². The minimum absolute atomic E-state index is 0.184. The molecule has 22 heavy (non-hydrogen) atoms. The summed E-state index contributed by atoms with van der Waals surface area (Å²) in [5.41, 5.74) is 0.116. The molecule has 0 aliphatic rings. The van der Waals surface area contributed by atoms with Crippen LogP contribution in [0.25, 0.3) is 5.69 Å². The number of pyridine rings is 1. The maximum atomic E-state index is 12.0. The first-order valence-electron chi connectivity index (χ1n) is 6.37. The van der Waals surface area contributed by atoms with Crippen LogP contribution in [0, 0.1) is 11.3 Å². The number of carbonyl (C=O) groups is 1. The Morgan fingerprint density at radius 3 is 2.86 bits per heavy atom. The van der Waals surface area contributed by atoms with Crippen LogP contribution in [-0.2, 0) is 0 Å². The molecule has 0 atom stereocenters. The number of ketones is 1. The van der Waals surface area contributed by atoms with Gasteiger partial charge in [-0.1, -0.05) is 0 Å². The van der Waals surface area contributed by atoms with Crippen LogP contribution >= 0.6 is 0 Å². The van der Waals surface area contributed by atoms with Gasteiger partial charge in [0.25, 0.3) is 0 Å². The lowest BCUT2D eigenvalue weighted by atomic mass is 10.2. The molecule has 0 aliphatic heterocycles. The number of hydrogen-bond donors (Lipinski definition) is 0. The van der Waals surface area contributed by atoms with Crippen LogP contribution in [0.3, 0.4) is 0 Å². The fourth-order valence-electron chi connectivity index (χ4n) is 1.64. The standard InChI is InChI=1S/C15H13N5O2/c1-19(2)7-4-13(21)15-14(22)5-8-20(18-15)12-3-6-17-11(9-12)10-16/h3-9H,1-2H3. The van der Waals surface area contributed by atoms with Crippen molar-refractivity contribution in [3.8, 4) is 11.8 Å². The highest BCUT2D eigenvalue weighted by Gasteiger charge is 2.11. The fraction of sp³-hybridized carbons (Fsp3) is 0.133. The summed E-state index contributed by atoms with van der Waals surface area (Å²) in [7, 11) is 3.53. The SMILES string of the molecule is CN(C)C=CC(=O)c1nn(-c2ccnc(C#N)c2)ccc1=O. The van der Waals surface area contributed by atoms with E-state index in [9.17, 15) is 9.59 Å². The molecule has 110 valence electrons. The summed E-state index contributed by atoms with van der Waals surface area (Å²) in [6.45, 7) is 0. The van der Waals surface area contributed by atoms with Gasteiger partial charge in [0.05, 0.1) is 5.69 Å². The molecule has 7 heteroatoms. The summed E-state index contributed by atoms with van der Waals surface area (Å²) in [5, 5.41) is 12.9. The third kappa shape index (κ3) is 3.43. The van der Waals surface area contributed by atoms with Gasteiger partial charge in [-0.2, -0.15) is 10.4 Å². The highest BCUT2D eigenvalue weighted by molar-refractivity contribution is 6.02. The first-order chi connectivity index (χ1) is 10.5. The van der Waals surface area contributed by atoms with Crippen molar-refractivity contribution in [2.75, 3.05) is 14.1 Å². The van der Waals surface area contributed by atoms with Gasteiger partial charge < -0.3 is 4.90 Å². The molecule has 0 N–H and O–H groups in total. The van der Waals surface area contributed by atoms with Crippen LogP contribution in [0.1, 0.15) is 16.2 Å². The van der Waals surface area contributed by atoms with E-state index >= 15 is 0 Å². The van der Waals surface area contributed by atoms with E-state index in [2.05, 4.69) is 10.1 Å². The summed E-state index contributed by atoms with van der Waals surface area (Å²) < 4.78 is 1.36. The van der Waals surface area contributed by atoms with Gasteiger partial charge in [-0.15, -0.1) is 0 Å². The van der Waals surface area contributed by atoms with Crippen LogP contribution in [0.4, 0.5) is 0 Å². The van der Waals surface area contributed by atoms with E-state index in [0.29, 0.717) is 5.69 Å². The van der Waals surface area contributed by atoms with Crippen molar-refractivity contribution in [1.82, 2.24) is 19.7 Å². The molecule has 0 bridgehead atoms. The van der Waals surface area contributed by atoms with Gasteiger partial charge in [0.1, 0.15) is 11.8 Å². The number of hydrogen-bond acceptors (Lipinski definition) is 6. The molecule has 0 aromatic carbocycles. The Labute approximate surface area is 126 Å².